The number of ether oxygens (including phenoxy) is 1. The van der Waals surface area contributed by atoms with Crippen molar-refractivity contribution >= 4 is 46.3 Å². The summed E-state index contributed by atoms with van der Waals surface area (Å²) in [5, 5.41) is 19.0. The molecule has 2 aromatic carbocycles. The molecule has 0 bridgehead atoms. The quantitative estimate of drug-likeness (QED) is 0.548. The molecule has 0 radical (unpaired) electrons. The molecular weight excluding hydrogens is 398 g/mol. The Morgan fingerprint density at radius 1 is 1.29 bits per heavy atom. The fourth-order valence-electron chi connectivity index (χ4n) is 2.88. The number of hydrogen-bond donors (Lipinski definition) is 2. The number of phenolic OH excluding ortho intramolecular Hbond substituents is 1. The Kier molecular flexibility index (Phi) is 6.01. The minimum absolute atomic E-state index is 0.00204. The van der Waals surface area contributed by atoms with Crippen molar-refractivity contribution in [1.29, 1.82) is 0 Å². The monoisotopic (exact) mass is 415 g/mol. The molecule has 2 aromatic rings. The third kappa shape index (κ3) is 4.18. The first-order valence-electron chi connectivity index (χ1n) is 8.31. The number of carboxylic acid groups (broad SMARTS) is 1. The van der Waals surface area contributed by atoms with E-state index in [1.54, 1.807) is 42.5 Å². The van der Waals surface area contributed by atoms with Crippen LogP contribution in [-0.4, -0.2) is 38.4 Å². The Bertz CT molecular complexity index is 958. The summed E-state index contributed by atoms with van der Waals surface area (Å²) >= 11 is 6.50. The molecule has 144 valence electrons. The molecule has 1 aliphatic rings. The zero-order valence-corrected chi connectivity index (χ0v) is 16.5. The average molecular weight is 415 g/mol. The maximum absolute atomic E-state index is 13.0. The number of methoxy groups -OCH3 is 1. The Balaban J connectivity index is 1.94. The Hall–Kier alpha value is -2.84. The molecule has 1 saturated heterocycles. The van der Waals surface area contributed by atoms with Crippen molar-refractivity contribution in [3.8, 4) is 11.5 Å². The predicted octanol–water partition coefficient (Wildman–Crippen LogP) is 3.82. The topological polar surface area (TPSA) is 87.1 Å². The molecule has 1 atom stereocenters. The van der Waals surface area contributed by atoms with Gasteiger partial charge in [-0.1, -0.05) is 60.4 Å². The van der Waals surface area contributed by atoms with Gasteiger partial charge < -0.3 is 14.9 Å². The molecule has 0 spiro atoms. The summed E-state index contributed by atoms with van der Waals surface area (Å²) in [5.74, 6) is -1.08. The number of aromatic hydroxyl groups is 1. The van der Waals surface area contributed by atoms with Crippen molar-refractivity contribution in [2.24, 2.45) is 0 Å². The third-order valence-electron chi connectivity index (χ3n) is 4.19. The highest BCUT2D eigenvalue weighted by Crippen LogP contribution is 2.40. The third-order valence-corrected chi connectivity index (χ3v) is 5.52. The van der Waals surface area contributed by atoms with Crippen molar-refractivity contribution in [3.63, 3.8) is 0 Å². The largest absolute Gasteiger partial charge is 0.504 e. The number of carbonyl (C=O) groups is 2. The van der Waals surface area contributed by atoms with Crippen LogP contribution in [-0.2, 0) is 9.59 Å². The fraction of sp³-hybridized carbons (Fsp3) is 0.150. The number of rotatable bonds is 6. The number of carbonyl (C=O) groups excluding carboxylic acids is 1. The number of thiocarbonyl (C=S) groups is 1. The Morgan fingerprint density at radius 2 is 2.00 bits per heavy atom. The van der Waals surface area contributed by atoms with E-state index in [9.17, 15) is 19.8 Å². The number of hydrogen-bond acceptors (Lipinski definition) is 6. The van der Waals surface area contributed by atoms with Crippen LogP contribution in [0.4, 0.5) is 0 Å². The number of amides is 1. The number of benzene rings is 2. The standard InChI is InChI=1S/C20H17NO5S2/c1-26-16-9-12(7-8-15(16)22)10-17-19(25)21(20(27)28-17)14(11-18(23)24)13-5-3-2-4-6-13/h2-10,14,22H,11H2,1H3,(H,23,24)/b17-10-. The van der Waals surface area contributed by atoms with E-state index in [0.717, 1.165) is 11.8 Å². The van der Waals surface area contributed by atoms with Gasteiger partial charge in [-0.2, -0.15) is 0 Å². The second-order valence-corrected chi connectivity index (χ2v) is 7.68. The van der Waals surface area contributed by atoms with Crippen LogP contribution in [0.1, 0.15) is 23.6 Å². The van der Waals surface area contributed by atoms with Crippen LogP contribution >= 0.6 is 24.0 Å². The number of phenols is 1. The lowest BCUT2D eigenvalue weighted by Gasteiger charge is -2.26. The second-order valence-electron chi connectivity index (χ2n) is 6.01. The van der Waals surface area contributed by atoms with E-state index in [2.05, 4.69) is 0 Å². The fourth-order valence-corrected chi connectivity index (χ4v) is 4.24. The van der Waals surface area contributed by atoms with Crippen molar-refractivity contribution in [2.75, 3.05) is 7.11 Å². The highest BCUT2D eigenvalue weighted by molar-refractivity contribution is 8.26. The minimum atomic E-state index is -1.02. The molecule has 1 aliphatic heterocycles. The number of carboxylic acids is 1. The van der Waals surface area contributed by atoms with E-state index in [1.165, 1.54) is 18.1 Å². The maximum Gasteiger partial charge on any atom is 0.305 e. The highest BCUT2D eigenvalue weighted by Gasteiger charge is 2.38. The van der Waals surface area contributed by atoms with Crippen LogP contribution in [0.3, 0.4) is 0 Å². The van der Waals surface area contributed by atoms with Crippen LogP contribution in [0.2, 0.25) is 0 Å². The van der Waals surface area contributed by atoms with Gasteiger partial charge in [0, 0.05) is 0 Å². The molecule has 1 fully saturated rings. The van der Waals surface area contributed by atoms with E-state index >= 15 is 0 Å². The SMILES string of the molecule is COc1cc(/C=C2\SC(=S)N(C(CC(=O)O)c3ccccc3)C2=O)ccc1O. The summed E-state index contributed by atoms with van der Waals surface area (Å²) in [6.07, 6.45) is 1.39. The molecule has 8 heteroatoms. The van der Waals surface area contributed by atoms with Gasteiger partial charge in [0.2, 0.25) is 0 Å². The van der Waals surface area contributed by atoms with Gasteiger partial charge in [-0.05, 0) is 29.3 Å². The molecule has 0 aliphatic carbocycles. The van der Waals surface area contributed by atoms with Gasteiger partial charge in [0.25, 0.3) is 5.91 Å². The molecule has 1 heterocycles. The molecule has 28 heavy (non-hydrogen) atoms. The van der Waals surface area contributed by atoms with Gasteiger partial charge in [-0.3, -0.25) is 14.5 Å². The van der Waals surface area contributed by atoms with Gasteiger partial charge in [-0.25, -0.2) is 0 Å². The first kappa shape index (κ1) is 19.9. The van der Waals surface area contributed by atoms with E-state index in [-0.39, 0.29) is 23.8 Å². The van der Waals surface area contributed by atoms with Gasteiger partial charge >= 0.3 is 5.97 Å². The van der Waals surface area contributed by atoms with Gasteiger partial charge in [0.05, 0.1) is 24.5 Å². The van der Waals surface area contributed by atoms with Gasteiger partial charge in [-0.15, -0.1) is 0 Å². The first-order chi connectivity index (χ1) is 13.4. The summed E-state index contributed by atoms with van der Waals surface area (Å²) in [4.78, 5) is 26.1. The number of thioether (sulfide) groups is 1. The minimum Gasteiger partial charge on any atom is -0.504 e. The van der Waals surface area contributed by atoms with Gasteiger partial charge in [0.15, 0.2) is 11.5 Å². The Labute approximate surface area is 171 Å². The lowest BCUT2D eigenvalue weighted by atomic mass is 10.0. The zero-order chi connectivity index (χ0) is 20.3. The maximum atomic E-state index is 13.0. The number of nitrogens with zero attached hydrogens (tertiary/aromatic N) is 1. The first-order valence-corrected chi connectivity index (χ1v) is 9.54. The normalized spacial score (nSPS) is 16.5. The summed E-state index contributed by atoms with van der Waals surface area (Å²) in [6, 6.07) is 13.0. The molecule has 6 nitrogen and oxygen atoms in total. The molecule has 1 unspecified atom stereocenters. The summed E-state index contributed by atoms with van der Waals surface area (Å²) in [7, 11) is 1.44. The highest BCUT2D eigenvalue weighted by atomic mass is 32.2. The van der Waals surface area contributed by atoms with Crippen molar-refractivity contribution in [1.82, 2.24) is 4.90 Å². The molecule has 0 aromatic heterocycles. The van der Waals surface area contributed by atoms with E-state index < -0.39 is 12.0 Å². The summed E-state index contributed by atoms with van der Waals surface area (Å²) < 4.78 is 5.39. The van der Waals surface area contributed by atoms with E-state index in [1.807, 2.05) is 6.07 Å². The smallest absolute Gasteiger partial charge is 0.305 e. The lowest BCUT2D eigenvalue weighted by Crippen LogP contribution is -2.34. The molecule has 2 N–H and O–H groups in total. The second kappa shape index (κ2) is 8.45. The van der Waals surface area contributed by atoms with Crippen molar-refractivity contribution < 1.29 is 24.5 Å². The summed E-state index contributed by atoms with van der Waals surface area (Å²) in [5.41, 5.74) is 1.36. The van der Waals surface area contributed by atoms with Crippen molar-refractivity contribution in [2.45, 2.75) is 12.5 Å². The van der Waals surface area contributed by atoms with E-state index in [4.69, 9.17) is 17.0 Å². The van der Waals surface area contributed by atoms with Crippen LogP contribution in [0.5, 0.6) is 11.5 Å². The van der Waals surface area contributed by atoms with Crippen LogP contribution in [0.15, 0.2) is 53.4 Å². The lowest BCUT2D eigenvalue weighted by molar-refractivity contribution is -0.138. The molecular formula is C20H17NO5S2. The molecule has 3 rings (SSSR count). The predicted molar refractivity (Wildman–Crippen MR) is 111 cm³/mol. The van der Waals surface area contributed by atoms with Gasteiger partial charge in [0.1, 0.15) is 4.32 Å². The zero-order valence-electron chi connectivity index (χ0n) is 14.9. The molecule has 0 saturated carbocycles. The summed E-state index contributed by atoms with van der Waals surface area (Å²) in [6.45, 7) is 0. The van der Waals surface area contributed by atoms with E-state index in [0.29, 0.717) is 20.4 Å². The van der Waals surface area contributed by atoms with Crippen LogP contribution in [0, 0.1) is 0 Å². The number of aliphatic carboxylic acids is 1. The van der Waals surface area contributed by atoms with Crippen LogP contribution < -0.4 is 4.74 Å². The average Bonchev–Trinajstić information content (AvgIpc) is 2.95. The van der Waals surface area contributed by atoms with Crippen LogP contribution in [0.25, 0.3) is 6.08 Å². The van der Waals surface area contributed by atoms with Crippen molar-refractivity contribution in [3.05, 3.63) is 64.6 Å². The molecule has 1 amide bonds. The Morgan fingerprint density at radius 3 is 2.64 bits per heavy atom.